The van der Waals surface area contributed by atoms with E-state index in [2.05, 4.69) is 20.3 Å². The second-order valence-corrected chi connectivity index (χ2v) is 12.0. The van der Waals surface area contributed by atoms with Crippen molar-refractivity contribution in [3.63, 3.8) is 0 Å². The van der Waals surface area contributed by atoms with Crippen LogP contribution in [0.3, 0.4) is 0 Å². The normalized spacial score (nSPS) is 17.6. The maximum Gasteiger partial charge on any atom is 0.433 e. The van der Waals surface area contributed by atoms with Crippen LogP contribution in [0.5, 0.6) is 5.88 Å². The number of amidine groups is 1. The third-order valence-corrected chi connectivity index (χ3v) is 8.72. The van der Waals surface area contributed by atoms with Crippen LogP contribution >= 0.6 is 0 Å². The lowest BCUT2D eigenvalue weighted by Gasteiger charge is -2.38. The number of aryl methyl sites for hydroxylation is 1. The van der Waals surface area contributed by atoms with Gasteiger partial charge in [-0.05, 0) is 62.4 Å². The molecule has 1 aliphatic carbocycles. The van der Waals surface area contributed by atoms with Gasteiger partial charge in [-0.1, -0.05) is 0 Å². The summed E-state index contributed by atoms with van der Waals surface area (Å²) in [5, 5.41) is 2.81. The van der Waals surface area contributed by atoms with E-state index < -0.39 is 29.1 Å². The first-order chi connectivity index (χ1) is 22.3. The zero-order valence-electron chi connectivity index (χ0n) is 26.0. The van der Waals surface area contributed by atoms with Crippen molar-refractivity contribution in [2.45, 2.75) is 63.3 Å². The lowest BCUT2D eigenvalue weighted by atomic mass is 9.87. The molecule has 3 N–H and O–H groups in total. The number of halogens is 4. The van der Waals surface area contributed by atoms with Crippen molar-refractivity contribution in [3.05, 3.63) is 64.1 Å². The number of methoxy groups -OCH3 is 2. The number of alkyl halides is 3. The second-order valence-electron chi connectivity index (χ2n) is 12.0. The van der Waals surface area contributed by atoms with E-state index in [4.69, 9.17) is 20.2 Å². The molecular formula is C32H33F4N7O4. The van der Waals surface area contributed by atoms with Gasteiger partial charge in [-0.2, -0.15) is 18.2 Å². The molecule has 2 aliphatic heterocycles. The first-order valence-corrected chi connectivity index (χ1v) is 15.1. The Morgan fingerprint density at radius 1 is 1.13 bits per heavy atom. The molecule has 6 rings (SSSR count). The van der Waals surface area contributed by atoms with Gasteiger partial charge in [0.25, 0.3) is 5.91 Å². The largest absolute Gasteiger partial charge is 0.480 e. The van der Waals surface area contributed by atoms with Crippen LogP contribution in [0.25, 0.3) is 11.1 Å². The number of rotatable bonds is 9. The highest BCUT2D eigenvalue weighted by molar-refractivity contribution is 6.16. The maximum absolute atomic E-state index is 15.8. The summed E-state index contributed by atoms with van der Waals surface area (Å²) in [4.78, 5) is 44.2. The number of amides is 2. The molecule has 11 nitrogen and oxygen atoms in total. The quantitative estimate of drug-likeness (QED) is 0.330. The van der Waals surface area contributed by atoms with Crippen LogP contribution in [-0.2, 0) is 33.5 Å². The number of piperidine rings is 1. The number of nitrogens with zero attached hydrogens (tertiary/aromatic N) is 5. The van der Waals surface area contributed by atoms with Crippen molar-refractivity contribution in [1.29, 1.82) is 0 Å². The predicted octanol–water partition coefficient (Wildman–Crippen LogP) is 3.98. The van der Waals surface area contributed by atoms with E-state index in [1.807, 2.05) is 4.90 Å². The fourth-order valence-corrected chi connectivity index (χ4v) is 6.25. The van der Waals surface area contributed by atoms with E-state index in [1.54, 1.807) is 13.0 Å². The number of ether oxygens (including phenoxy) is 2. The summed E-state index contributed by atoms with van der Waals surface area (Å²) in [6.45, 7) is 2.34. The summed E-state index contributed by atoms with van der Waals surface area (Å²) < 4.78 is 66.8. The highest BCUT2D eigenvalue weighted by Crippen LogP contribution is 2.44. The minimum atomic E-state index is -4.58. The number of nitrogens with two attached hydrogens (primary N) is 1. The number of primary amides is 1. The van der Waals surface area contributed by atoms with Crippen LogP contribution in [0, 0.1) is 12.7 Å². The minimum absolute atomic E-state index is 0.0130. The van der Waals surface area contributed by atoms with Crippen LogP contribution in [0.4, 0.5) is 23.2 Å². The van der Waals surface area contributed by atoms with Gasteiger partial charge in [-0.25, -0.2) is 14.4 Å². The van der Waals surface area contributed by atoms with Crippen LogP contribution in [-0.4, -0.2) is 65.4 Å². The van der Waals surface area contributed by atoms with E-state index in [-0.39, 0.29) is 55.2 Å². The zero-order chi connectivity index (χ0) is 33.7. The molecule has 1 aromatic carbocycles. The smallest absolute Gasteiger partial charge is 0.433 e. The average molecular weight is 656 g/mol. The number of benzene rings is 1. The van der Waals surface area contributed by atoms with Crippen molar-refractivity contribution < 1.29 is 36.6 Å². The van der Waals surface area contributed by atoms with Crippen LogP contribution < -0.4 is 20.7 Å². The molecule has 3 aliphatic rings. The lowest BCUT2D eigenvalue weighted by molar-refractivity contribution is -0.141. The molecule has 1 spiro atoms. The van der Waals surface area contributed by atoms with Gasteiger partial charge in [0.05, 0.1) is 37.1 Å². The van der Waals surface area contributed by atoms with Crippen molar-refractivity contribution in [3.8, 4) is 17.0 Å². The van der Waals surface area contributed by atoms with E-state index >= 15 is 4.39 Å². The summed E-state index contributed by atoms with van der Waals surface area (Å²) in [5.41, 5.74) is 6.12. The van der Waals surface area contributed by atoms with Crippen molar-refractivity contribution >= 4 is 23.3 Å². The molecule has 15 heteroatoms. The van der Waals surface area contributed by atoms with E-state index in [9.17, 15) is 22.8 Å². The molecular weight excluding hydrogens is 622 g/mol. The summed E-state index contributed by atoms with van der Waals surface area (Å²) >= 11 is 0. The number of carbonyl (C=O) groups excluding carboxylic acids is 2. The zero-order valence-corrected chi connectivity index (χ0v) is 26.0. The standard InChI is InChI=1S/C32H33F4N7O4/c1-16-26(29(47-3)40-25(38-16)14-24(37)44)18-12-21(33)20(15-46-2)22(13-18)43-10-8-31(9-11-43)30(45)41-28(42-31)19-6-7-23(32(34,35)36)39-27(19)17-4-5-17/h6-7,12-13,17H,4-5,8-11,14-15H2,1-3H3,(H2,37,44)(H,41,42,45). The second kappa shape index (κ2) is 12.2. The lowest BCUT2D eigenvalue weighted by Crippen LogP contribution is -2.49. The number of nitrogens with one attached hydrogen (secondary N) is 1. The number of anilines is 1. The van der Waals surface area contributed by atoms with Gasteiger partial charge >= 0.3 is 6.18 Å². The molecule has 3 aromatic rings. The molecule has 2 amide bonds. The highest BCUT2D eigenvalue weighted by atomic mass is 19.4. The Morgan fingerprint density at radius 3 is 2.47 bits per heavy atom. The van der Waals surface area contributed by atoms with Gasteiger partial charge in [0.15, 0.2) is 0 Å². The number of hydrogen-bond acceptors (Lipinski definition) is 9. The average Bonchev–Trinajstić information content (AvgIpc) is 3.82. The van der Waals surface area contributed by atoms with Crippen LogP contribution in [0.1, 0.15) is 65.6 Å². The summed E-state index contributed by atoms with van der Waals surface area (Å²) in [6, 6.07) is 5.39. The Bertz CT molecular complexity index is 1780. The van der Waals surface area contributed by atoms with Gasteiger partial charge < -0.3 is 25.4 Å². The van der Waals surface area contributed by atoms with E-state index in [1.165, 1.54) is 26.4 Å². The molecule has 0 unspecified atom stereocenters. The van der Waals surface area contributed by atoms with Gasteiger partial charge in [0.1, 0.15) is 28.7 Å². The molecule has 4 heterocycles. The Labute approximate surface area is 267 Å². The number of pyridine rings is 1. The van der Waals surface area contributed by atoms with Crippen molar-refractivity contribution in [2.75, 3.05) is 32.2 Å². The molecule has 0 atom stereocenters. The van der Waals surface area contributed by atoms with E-state index in [0.29, 0.717) is 52.4 Å². The molecule has 0 bridgehead atoms. The highest BCUT2D eigenvalue weighted by Gasteiger charge is 2.47. The number of aromatic nitrogens is 3. The summed E-state index contributed by atoms with van der Waals surface area (Å²) in [6.07, 6.45) is -2.77. The Balaban J connectivity index is 1.31. The molecule has 2 fully saturated rings. The fourth-order valence-electron chi connectivity index (χ4n) is 6.25. The molecule has 0 radical (unpaired) electrons. The van der Waals surface area contributed by atoms with Crippen LogP contribution in [0.15, 0.2) is 29.3 Å². The number of carbonyl (C=O) groups is 2. The van der Waals surface area contributed by atoms with Crippen LogP contribution in [0.2, 0.25) is 0 Å². The number of hydrogen-bond donors (Lipinski definition) is 2. The topological polar surface area (TPSA) is 145 Å². The van der Waals surface area contributed by atoms with Crippen molar-refractivity contribution in [2.24, 2.45) is 10.7 Å². The van der Waals surface area contributed by atoms with Gasteiger partial charge in [-0.3, -0.25) is 14.6 Å². The Hall–Kier alpha value is -4.66. The van der Waals surface area contributed by atoms with Gasteiger partial charge in [0.2, 0.25) is 11.8 Å². The Kier molecular flexibility index (Phi) is 8.36. The van der Waals surface area contributed by atoms with Gasteiger partial charge in [0, 0.05) is 42.9 Å². The Morgan fingerprint density at radius 2 is 1.85 bits per heavy atom. The third kappa shape index (κ3) is 6.23. The molecule has 47 heavy (non-hydrogen) atoms. The predicted molar refractivity (Wildman–Crippen MR) is 162 cm³/mol. The molecule has 1 saturated heterocycles. The SMILES string of the molecule is COCc1c(F)cc(-c2c(C)nc(CC(N)=O)nc2OC)cc1N1CCC2(CC1)N=C(c1ccc(C(F)(F)F)nc1C1CC1)NC2=O. The minimum Gasteiger partial charge on any atom is -0.480 e. The number of aliphatic imine (C=N–C) groups is 1. The molecule has 1 saturated carbocycles. The third-order valence-electron chi connectivity index (χ3n) is 8.72. The molecule has 2 aromatic heterocycles. The monoisotopic (exact) mass is 655 g/mol. The van der Waals surface area contributed by atoms with Crippen molar-refractivity contribution in [1.82, 2.24) is 20.3 Å². The summed E-state index contributed by atoms with van der Waals surface area (Å²) in [7, 11) is 2.88. The first-order valence-electron chi connectivity index (χ1n) is 15.1. The first kappa shape index (κ1) is 32.3. The van der Waals surface area contributed by atoms with Gasteiger partial charge in [-0.15, -0.1) is 0 Å². The maximum atomic E-state index is 15.8. The summed E-state index contributed by atoms with van der Waals surface area (Å²) in [5.74, 6) is -1.02. The fraction of sp³-hybridized carbons (Fsp3) is 0.438. The molecule has 248 valence electrons. The van der Waals surface area contributed by atoms with E-state index in [0.717, 1.165) is 18.9 Å².